The minimum absolute atomic E-state index is 0.00495. The minimum atomic E-state index is -0.608. The maximum atomic E-state index is 12.1. The predicted octanol–water partition coefficient (Wildman–Crippen LogP) is -0.713. The number of piperazine rings is 1. The van der Waals surface area contributed by atoms with E-state index in [1.807, 2.05) is 36.1 Å². The molecule has 124 valence electrons. The van der Waals surface area contributed by atoms with Crippen LogP contribution in [-0.4, -0.2) is 48.3 Å². The van der Waals surface area contributed by atoms with Gasteiger partial charge in [-0.2, -0.15) is 0 Å². The number of carbonyl (C=O) groups is 3. The average molecular weight is 318 g/mol. The number of primary amides is 1. The SMILES string of the molecule is Cc1ccccc1CN1CCNC(=O)[C@@H]1CC(=O)NCC(N)=O. The van der Waals surface area contributed by atoms with Crippen LogP contribution in [-0.2, 0) is 20.9 Å². The summed E-state index contributed by atoms with van der Waals surface area (Å²) in [4.78, 5) is 36.7. The van der Waals surface area contributed by atoms with E-state index in [0.29, 0.717) is 19.6 Å². The highest BCUT2D eigenvalue weighted by molar-refractivity contribution is 5.90. The topological polar surface area (TPSA) is 105 Å². The molecule has 1 heterocycles. The first kappa shape index (κ1) is 17.0. The maximum absolute atomic E-state index is 12.1. The molecule has 7 nitrogen and oxygen atoms in total. The third kappa shape index (κ3) is 4.79. The van der Waals surface area contributed by atoms with Crippen molar-refractivity contribution >= 4 is 17.7 Å². The fourth-order valence-corrected chi connectivity index (χ4v) is 2.61. The average Bonchev–Trinajstić information content (AvgIpc) is 2.51. The van der Waals surface area contributed by atoms with Gasteiger partial charge in [-0.1, -0.05) is 24.3 Å². The Bertz CT molecular complexity index is 603. The molecule has 0 unspecified atom stereocenters. The lowest BCUT2D eigenvalue weighted by Crippen LogP contribution is -2.56. The summed E-state index contributed by atoms with van der Waals surface area (Å²) in [6, 6.07) is 7.42. The highest BCUT2D eigenvalue weighted by atomic mass is 16.2. The molecule has 0 bridgehead atoms. The van der Waals surface area contributed by atoms with Crippen molar-refractivity contribution in [2.45, 2.75) is 25.9 Å². The number of nitrogens with zero attached hydrogens (tertiary/aromatic N) is 1. The lowest BCUT2D eigenvalue weighted by molar-refractivity contribution is -0.134. The van der Waals surface area contributed by atoms with Crippen LogP contribution in [0, 0.1) is 6.92 Å². The molecule has 4 N–H and O–H groups in total. The lowest BCUT2D eigenvalue weighted by Gasteiger charge is -2.35. The van der Waals surface area contributed by atoms with Gasteiger partial charge >= 0.3 is 0 Å². The number of amides is 3. The molecule has 1 aromatic rings. The first-order valence-corrected chi connectivity index (χ1v) is 7.58. The zero-order valence-electron chi connectivity index (χ0n) is 13.2. The Balaban J connectivity index is 2.04. The Morgan fingerprint density at radius 1 is 1.39 bits per heavy atom. The van der Waals surface area contributed by atoms with E-state index in [9.17, 15) is 14.4 Å². The molecule has 1 saturated heterocycles. The Labute approximate surface area is 135 Å². The van der Waals surface area contributed by atoms with E-state index in [0.717, 1.165) is 11.1 Å². The Kier molecular flexibility index (Phi) is 5.70. The van der Waals surface area contributed by atoms with Gasteiger partial charge in [-0.3, -0.25) is 19.3 Å². The van der Waals surface area contributed by atoms with Crippen LogP contribution >= 0.6 is 0 Å². The molecule has 1 aliphatic heterocycles. The first-order valence-electron chi connectivity index (χ1n) is 7.58. The van der Waals surface area contributed by atoms with Gasteiger partial charge in [0, 0.05) is 19.6 Å². The van der Waals surface area contributed by atoms with Crippen LogP contribution < -0.4 is 16.4 Å². The maximum Gasteiger partial charge on any atom is 0.237 e. The Morgan fingerprint density at radius 2 is 2.13 bits per heavy atom. The van der Waals surface area contributed by atoms with E-state index < -0.39 is 11.9 Å². The van der Waals surface area contributed by atoms with Crippen LogP contribution in [0.5, 0.6) is 0 Å². The molecule has 7 heteroatoms. The number of hydrogen-bond donors (Lipinski definition) is 3. The van der Waals surface area contributed by atoms with Crippen LogP contribution in [0.3, 0.4) is 0 Å². The highest BCUT2D eigenvalue weighted by Crippen LogP contribution is 2.16. The standard InChI is InChI=1S/C16H22N4O3/c1-11-4-2-3-5-12(11)10-20-7-6-18-16(23)13(20)8-15(22)19-9-14(17)21/h2-5,13H,6-10H2,1H3,(H2,17,21)(H,18,23)(H,19,22)/t13-/m0/s1. The van der Waals surface area contributed by atoms with E-state index in [1.165, 1.54) is 0 Å². The summed E-state index contributed by atoms with van der Waals surface area (Å²) < 4.78 is 0. The number of nitrogens with one attached hydrogen (secondary N) is 2. The molecular formula is C16H22N4O3. The second-order valence-corrected chi connectivity index (χ2v) is 5.65. The summed E-state index contributed by atoms with van der Waals surface area (Å²) in [5, 5.41) is 5.21. The molecule has 2 rings (SSSR count). The van der Waals surface area contributed by atoms with Gasteiger partial charge in [0.2, 0.25) is 17.7 Å². The molecule has 1 atom stereocenters. The fourth-order valence-electron chi connectivity index (χ4n) is 2.61. The van der Waals surface area contributed by atoms with E-state index in [2.05, 4.69) is 10.6 Å². The van der Waals surface area contributed by atoms with Crippen molar-refractivity contribution in [3.8, 4) is 0 Å². The van der Waals surface area contributed by atoms with Gasteiger partial charge in [0.05, 0.1) is 19.0 Å². The summed E-state index contributed by atoms with van der Waals surface area (Å²) in [5.41, 5.74) is 7.28. The van der Waals surface area contributed by atoms with Gasteiger partial charge in [-0.05, 0) is 18.1 Å². The van der Waals surface area contributed by atoms with Crippen LogP contribution in [0.1, 0.15) is 17.5 Å². The Morgan fingerprint density at radius 3 is 2.83 bits per heavy atom. The zero-order chi connectivity index (χ0) is 16.8. The molecule has 1 aromatic carbocycles. The number of nitrogens with two attached hydrogens (primary N) is 1. The van der Waals surface area contributed by atoms with Gasteiger partial charge in [-0.25, -0.2) is 0 Å². The van der Waals surface area contributed by atoms with Crippen molar-refractivity contribution in [3.05, 3.63) is 35.4 Å². The predicted molar refractivity (Wildman–Crippen MR) is 85.2 cm³/mol. The molecular weight excluding hydrogens is 296 g/mol. The molecule has 0 aliphatic carbocycles. The molecule has 3 amide bonds. The van der Waals surface area contributed by atoms with Gasteiger partial charge < -0.3 is 16.4 Å². The van der Waals surface area contributed by atoms with Crippen molar-refractivity contribution in [1.29, 1.82) is 0 Å². The van der Waals surface area contributed by atoms with Crippen LogP contribution in [0.25, 0.3) is 0 Å². The summed E-state index contributed by atoms with van der Waals surface area (Å²) in [5.74, 6) is -1.14. The van der Waals surface area contributed by atoms with Gasteiger partial charge in [-0.15, -0.1) is 0 Å². The zero-order valence-corrected chi connectivity index (χ0v) is 13.2. The largest absolute Gasteiger partial charge is 0.368 e. The molecule has 0 saturated carbocycles. The van der Waals surface area contributed by atoms with Crippen molar-refractivity contribution in [1.82, 2.24) is 15.5 Å². The first-order chi connectivity index (χ1) is 11.0. The molecule has 1 aliphatic rings. The third-order valence-electron chi connectivity index (χ3n) is 3.91. The van der Waals surface area contributed by atoms with Crippen LogP contribution in [0.2, 0.25) is 0 Å². The molecule has 1 fully saturated rings. The smallest absolute Gasteiger partial charge is 0.237 e. The van der Waals surface area contributed by atoms with Gasteiger partial charge in [0.1, 0.15) is 0 Å². The number of rotatable bonds is 6. The van der Waals surface area contributed by atoms with E-state index in [4.69, 9.17) is 5.73 Å². The van der Waals surface area contributed by atoms with Crippen molar-refractivity contribution in [2.24, 2.45) is 5.73 Å². The quantitative estimate of drug-likeness (QED) is 0.644. The number of carbonyl (C=O) groups excluding carboxylic acids is 3. The van der Waals surface area contributed by atoms with E-state index in [-0.39, 0.29) is 24.8 Å². The monoisotopic (exact) mass is 318 g/mol. The Hall–Kier alpha value is -2.41. The van der Waals surface area contributed by atoms with Crippen LogP contribution in [0.4, 0.5) is 0 Å². The third-order valence-corrected chi connectivity index (χ3v) is 3.91. The van der Waals surface area contributed by atoms with E-state index >= 15 is 0 Å². The highest BCUT2D eigenvalue weighted by Gasteiger charge is 2.31. The summed E-state index contributed by atoms with van der Waals surface area (Å²) in [6.45, 7) is 3.64. The lowest BCUT2D eigenvalue weighted by atomic mass is 10.0. The molecule has 0 aromatic heterocycles. The van der Waals surface area contributed by atoms with Crippen LogP contribution in [0.15, 0.2) is 24.3 Å². The van der Waals surface area contributed by atoms with Gasteiger partial charge in [0.25, 0.3) is 0 Å². The van der Waals surface area contributed by atoms with Gasteiger partial charge in [0.15, 0.2) is 0 Å². The molecule has 0 radical (unpaired) electrons. The second kappa shape index (κ2) is 7.73. The molecule has 23 heavy (non-hydrogen) atoms. The second-order valence-electron chi connectivity index (χ2n) is 5.65. The normalized spacial score (nSPS) is 18.3. The number of hydrogen-bond acceptors (Lipinski definition) is 4. The van der Waals surface area contributed by atoms with Crippen molar-refractivity contribution in [3.63, 3.8) is 0 Å². The van der Waals surface area contributed by atoms with Crippen molar-refractivity contribution in [2.75, 3.05) is 19.6 Å². The summed E-state index contributed by atoms with van der Waals surface area (Å²) >= 11 is 0. The fraction of sp³-hybridized carbons (Fsp3) is 0.438. The number of benzene rings is 1. The summed E-state index contributed by atoms with van der Waals surface area (Å²) in [7, 11) is 0. The summed E-state index contributed by atoms with van der Waals surface area (Å²) in [6.07, 6.45) is 0.00495. The van der Waals surface area contributed by atoms with E-state index in [1.54, 1.807) is 0 Å². The minimum Gasteiger partial charge on any atom is -0.368 e. The molecule has 0 spiro atoms. The van der Waals surface area contributed by atoms with Crippen molar-refractivity contribution < 1.29 is 14.4 Å². The number of aryl methyl sites for hydroxylation is 1.